The Hall–Kier alpha value is -1.36. The Morgan fingerprint density at radius 2 is 2.25 bits per heavy atom. The molecule has 0 saturated heterocycles. The molecule has 0 amide bonds. The fraction of sp³-hybridized carbons (Fsp3) is 0.429. The summed E-state index contributed by atoms with van der Waals surface area (Å²) in [6, 6.07) is 0. The highest BCUT2D eigenvalue weighted by Crippen LogP contribution is 1.84. The summed E-state index contributed by atoms with van der Waals surface area (Å²) in [7, 11) is 1.43. The van der Waals surface area contributed by atoms with Crippen LogP contribution in [0.25, 0.3) is 0 Å². The van der Waals surface area contributed by atoms with Crippen LogP contribution in [0.5, 0.6) is 0 Å². The predicted molar refractivity (Wildman–Crippen MR) is 45.1 cm³/mol. The minimum Gasteiger partial charge on any atom is -0.330 e. The maximum absolute atomic E-state index is 11.3. The van der Waals surface area contributed by atoms with E-state index in [1.54, 1.807) is 0 Å². The van der Waals surface area contributed by atoms with Gasteiger partial charge in [0.1, 0.15) is 0 Å². The lowest BCUT2D eigenvalue weighted by Crippen LogP contribution is -2.34. The van der Waals surface area contributed by atoms with Crippen LogP contribution in [0.15, 0.2) is 15.8 Å². The Kier molecular flexibility index (Phi) is 2.44. The van der Waals surface area contributed by atoms with Crippen molar-refractivity contribution < 1.29 is 0 Å². The van der Waals surface area contributed by atoms with E-state index in [9.17, 15) is 9.59 Å². The van der Waals surface area contributed by atoms with E-state index in [1.165, 1.54) is 13.2 Å². The quantitative estimate of drug-likeness (QED) is 0.569. The fourth-order valence-corrected chi connectivity index (χ4v) is 0.950. The average molecular weight is 169 g/mol. The molecule has 12 heavy (non-hydrogen) atoms. The van der Waals surface area contributed by atoms with Crippen molar-refractivity contribution in [3.63, 3.8) is 0 Å². The molecule has 1 aromatic heterocycles. The molecule has 5 nitrogen and oxygen atoms in total. The summed E-state index contributed by atoms with van der Waals surface area (Å²) in [5, 5.41) is 0. The van der Waals surface area contributed by atoms with E-state index in [0.29, 0.717) is 18.5 Å². The van der Waals surface area contributed by atoms with E-state index >= 15 is 0 Å². The SMILES string of the molecule is Cn1c(=O)[nH]cc(CCN)c1=O. The van der Waals surface area contributed by atoms with Gasteiger partial charge >= 0.3 is 5.69 Å². The van der Waals surface area contributed by atoms with Gasteiger partial charge in [0.05, 0.1) is 0 Å². The fourth-order valence-electron chi connectivity index (χ4n) is 0.950. The second-order valence-corrected chi connectivity index (χ2v) is 2.52. The number of nitrogens with zero attached hydrogens (tertiary/aromatic N) is 1. The minimum atomic E-state index is -0.402. The molecule has 0 spiro atoms. The molecule has 0 unspecified atom stereocenters. The second-order valence-electron chi connectivity index (χ2n) is 2.52. The zero-order valence-electron chi connectivity index (χ0n) is 6.83. The lowest BCUT2D eigenvalue weighted by molar-refractivity contribution is 0.748. The van der Waals surface area contributed by atoms with Crippen molar-refractivity contribution >= 4 is 0 Å². The summed E-state index contributed by atoms with van der Waals surface area (Å²) >= 11 is 0. The highest BCUT2D eigenvalue weighted by Gasteiger charge is 2.01. The van der Waals surface area contributed by atoms with Crippen LogP contribution in [0.4, 0.5) is 0 Å². The largest absolute Gasteiger partial charge is 0.330 e. The predicted octanol–water partition coefficient (Wildman–Crippen LogP) is -1.43. The Bertz CT molecular complexity index is 377. The standard InChI is InChI=1S/C7H11N3O2/c1-10-6(11)5(2-3-8)4-9-7(10)12/h4H,2-3,8H2,1H3,(H,9,12). The van der Waals surface area contributed by atoms with Gasteiger partial charge in [-0.15, -0.1) is 0 Å². The van der Waals surface area contributed by atoms with Gasteiger partial charge in [-0.2, -0.15) is 0 Å². The van der Waals surface area contributed by atoms with Crippen molar-refractivity contribution in [2.75, 3.05) is 6.54 Å². The van der Waals surface area contributed by atoms with Crippen LogP contribution in [0, 0.1) is 0 Å². The summed E-state index contributed by atoms with van der Waals surface area (Å²) in [4.78, 5) is 24.6. The first-order valence-electron chi connectivity index (χ1n) is 3.64. The molecule has 3 N–H and O–H groups in total. The van der Waals surface area contributed by atoms with Crippen LogP contribution in [0.1, 0.15) is 5.56 Å². The van der Waals surface area contributed by atoms with E-state index in [4.69, 9.17) is 5.73 Å². The number of hydrogen-bond donors (Lipinski definition) is 2. The van der Waals surface area contributed by atoms with Gasteiger partial charge in [0.25, 0.3) is 5.56 Å². The van der Waals surface area contributed by atoms with Gasteiger partial charge < -0.3 is 10.7 Å². The molecule has 0 radical (unpaired) electrons. The number of aromatic nitrogens is 2. The molecule has 5 heteroatoms. The van der Waals surface area contributed by atoms with Crippen LogP contribution < -0.4 is 17.0 Å². The van der Waals surface area contributed by atoms with Gasteiger partial charge in [-0.3, -0.25) is 9.36 Å². The van der Waals surface area contributed by atoms with E-state index in [2.05, 4.69) is 4.98 Å². The van der Waals surface area contributed by atoms with Crippen LogP contribution >= 0.6 is 0 Å². The molecule has 0 aromatic carbocycles. The van der Waals surface area contributed by atoms with Gasteiger partial charge in [-0.1, -0.05) is 0 Å². The first-order chi connectivity index (χ1) is 5.66. The number of H-pyrrole nitrogens is 1. The number of hydrogen-bond acceptors (Lipinski definition) is 3. The summed E-state index contributed by atoms with van der Waals surface area (Å²) < 4.78 is 1.03. The molecule has 1 rings (SSSR count). The van der Waals surface area contributed by atoms with Crippen molar-refractivity contribution in [3.05, 3.63) is 32.6 Å². The molecule has 1 aromatic rings. The summed E-state index contributed by atoms with van der Waals surface area (Å²) in [6.45, 7) is 0.404. The third-order valence-corrected chi connectivity index (χ3v) is 1.67. The van der Waals surface area contributed by atoms with Gasteiger partial charge in [-0.05, 0) is 13.0 Å². The molecule has 0 fully saturated rings. The lowest BCUT2D eigenvalue weighted by atomic mass is 10.2. The molecule has 0 aliphatic carbocycles. The first-order valence-corrected chi connectivity index (χ1v) is 3.64. The number of rotatable bonds is 2. The molecule has 0 aliphatic heterocycles. The minimum absolute atomic E-state index is 0.274. The number of aromatic amines is 1. The Morgan fingerprint density at radius 3 is 2.83 bits per heavy atom. The monoisotopic (exact) mass is 169 g/mol. The topological polar surface area (TPSA) is 80.9 Å². The smallest absolute Gasteiger partial charge is 0.328 e. The molecule has 1 heterocycles. The molecule has 0 aliphatic rings. The maximum Gasteiger partial charge on any atom is 0.328 e. The highest BCUT2D eigenvalue weighted by molar-refractivity contribution is 5.04. The molecule has 66 valence electrons. The van der Waals surface area contributed by atoms with Crippen LogP contribution in [0.2, 0.25) is 0 Å². The average Bonchev–Trinajstić information content (AvgIpc) is 2.07. The Balaban J connectivity index is 3.27. The van der Waals surface area contributed by atoms with Gasteiger partial charge in [0, 0.05) is 18.8 Å². The molecular weight excluding hydrogens is 158 g/mol. The van der Waals surface area contributed by atoms with Gasteiger partial charge in [-0.25, -0.2) is 4.79 Å². The lowest BCUT2D eigenvalue weighted by Gasteiger charge is -1.99. The zero-order chi connectivity index (χ0) is 9.14. The Morgan fingerprint density at radius 1 is 1.58 bits per heavy atom. The molecule has 0 saturated carbocycles. The second kappa shape index (κ2) is 3.36. The molecule has 0 bridgehead atoms. The maximum atomic E-state index is 11.3. The van der Waals surface area contributed by atoms with E-state index in [-0.39, 0.29) is 5.56 Å². The van der Waals surface area contributed by atoms with E-state index in [0.717, 1.165) is 4.57 Å². The normalized spacial score (nSPS) is 10.2. The molecular formula is C7H11N3O2. The van der Waals surface area contributed by atoms with Gasteiger partial charge in [0.2, 0.25) is 0 Å². The number of nitrogens with one attached hydrogen (secondary N) is 1. The van der Waals surface area contributed by atoms with Gasteiger partial charge in [0.15, 0.2) is 0 Å². The van der Waals surface area contributed by atoms with Crippen LogP contribution in [-0.4, -0.2) is 16.1 Å². The summed E-state index contributed by atoms with van der Waals surface area (Å²) in [5.74, 6) is 0. The molecule has 0 atom stereocenters. The third-order valence-electron chi connectivity index (χ3n) is 1.67. The van der Waals surface area contributed by atoms with Crippen molar-refractivity contribution in [1.29, 1.82) is 0 Å². The Labute approximate surface area is 68.8 Å². The summed E-state index contributed by atoms with van der Waals surface area (Å²) in [5.41, 5.74) is 5.14. The third kappa shape index (κ3) is 1.45. The van der Waals surface area contributed by atoms with Crippen molar-refractivity contribution in [1.82, 2.24) is 9.55 Å². The first kappa shape index (κ1) is 8.73. The van der Waals surface area contributed by atoms with Crippen molar-refractivity contribution in [2.45, 2.75) is 6.42 Å². The van der Waals surface area contributed by atoms with Crippen LogP contribution in [-0.2, 0) is 13.5 Å². The van der Waals surface area contributed by atoms with Crippen LogP contribution in [0.3, 0.4) is 0 Å². The highest BCUT2D eigenvalue weighted by atomic mass is 16.2. The number of nitrogens with two attached hydrogens (primary N) is 1. The van der Waals surface area contributed by atoms with E-state index in [1.807, 2.05) is 0 Å². The van der Waals surface area contributed by atoms with Crippen molar-refractivity contribution in [3.8, 4) is 0 Å². The van der Waals surface area contributed by atoms with Crippen molar-refractivity contribution in [2.24, 2.45) is 12.8 Å². The zero-order valence-corrected chi connectivity index (χ0v) is 6.83. The van der Waals surface area contributed by atoms with E-state index < -0.39 is 5.69 Å². The summed E-state index contributed by atoms with van der Waals surface area (Å²) in [6.07, 6.45) is 1.90.